The minimum Gasteiger partial charge on any atom is -0.480 e. The Kier molecular flexibility index (Phi) is 3.28. The molecule has 0 aromatic heterocycles. The number of fused-ring (bicyclic) bond motifs is 1. The molecule has 2 aliphatic rings. The lowest BCUT2D eigenvalue weighted by Crippen LogP contribution is -2.49. The van der Waals surface area contributed by atoms with Crippen molar-refractivity contribution in [2.75, 3.05) is 12.3 Å². The van der Waals surface area contributed by atoms with Crippen molar-refractivity contribution < 1.29 is 9.90 Å². The van der Waals surface area contributed by atoms with Gasteiger partial charge in [-0.2, -0.15) is 0 Å². The van der Waals surface area contributed by atoms with Crippen LogP contribution in [0.25, 0.3) is 0 Å². The lowest BCUT2D eigenvalue weighted by molar-refractivity contribution is -0.143. The van der Waals surface area contributed by atoms with Crippen molar-refractivity contribution in [1.82, 2.24) is 10.2 Å². The van der Waals surface area contributed by atoms with Crippen molar-refractivity contribution in [2.45, 2.75) is 24.5 Å². The summed E-state index contributed by atoms with van der Waals surface area (Å²) < 4.78 is 0. The SMILES string of the molecule is O=C(O)[C@H](C1NCCS1)N1Cc2ccccc2C1. The number of nitrogens with zero attached hydrogens (tertiary/aromatic N) is 1. The molecule has 1 aromatic carbocycles. The topological polar surface area (TPSA) is 52.6 Å². The van der Waals surface area contributed by atoms with Crippen LogP contribution in [0, 0.1) is 0 Å². The summed E-state index contributed by atoms with van der Waals surface area (Å²) in [5, 5.41) is 12.8. The molecule has 96 valence electrons. The molecule has 5 heteroatoms. The Morgan fingerprint density at radius 3 is 2.56 bits per heavy atom. The van der Waals surface area contributed by atoms with Gasteiger partial charge in [-0.05, 0) is 11.1 Å². The maximum Gasteiger partial charge on any atom is 0.323 e. The van der Waals surface area contributed by atoms with E-state index in [1.54, 1.807) is 11.8 Å². The summed E-state index contributed by atoms with van der Waals surface area (Å²) in [6, 6.07) is 7.76. The van der Waals surface area contributed by atoms with E-state index in [1.165, 1.54) is 11.1 Å². The zero-order chi connectivity index (χ0) is 12.5. The molecule has 0 amide bonds. The fourth-order valence-corrected chi connectivity index (χ4v) is 3.88. The number of rotatable bonds is 3. The molecule has 1 aromatic rings. The number of benzene rings is 1. The summed E-state index contributed by atoms with van der Waals surface area (Å²) in [5.41, 5.74) is 2.51. The minimum absolute atomic E-state index is 0.0109. The van der Waals surface area contributed by atoms with Crippen molar-refractivity contribution in [3.63, 3.8) is 0 Å². The minimum atomic E-state index is -0.727. The fraction of sp³-hybridized carbons (Fsp3) is 0.462. The smallest absolute Gasteiger partial charge is 0.323 e. The Bertz CT molecular complexity index is 435. The zero-order valence-corrected chi connectivity index (χ0v) is 10.8. The Morgan fingerprint density at radius 1 is 1.39 bits per heavy atom. The molecule has 0 spiro atoms. The van der Waals surface area contributed by atoms with Gasteiger partial charge in [0.15, 0.2) is 0 Å². The van der Waals surface area contributed by atoms with E-state index in [9.17, 15) is 9.90 Å². The molecule has 1 saturated heterocycles. The summed E-state index contributed by atoms with van der Waals surface area (Å²) >= 11 is 1.71. The normalized spacial score (nSPS) is 25.0. The van der Waals surface area contributed by atoms with Crippen molar-refractivity contribution in [3.05, 3.63) is 35.4 Å². The quantitative estimate of drug-likeness (QED) is 0.857. The van der Waals surface area contributed by atoms with Crippen LogP contribution >= 0.6 is 11.8 Å². The first-order valence-electron chi connectivity index (χ1n) is 6.14. The molecule has 2 N–H and O–H groups in total. The lowest BCUT2D eigenvalue weighted by Gasteiger charge is -2.28. The molecule has 1 fully saturated rings. The van der Waals surface area contributed by atoms with E-state index in [1.807, 2.05) is 12.1 Å². The second-order valence-electron chi connectivity index (χ2n) is 4.70. The number of thioether (sulfide) groups is 1. The van der Waals surface area contributed by atoms with Crippen LogP contribution in [0.1, 0.15) is 11.1 Å². The second kappa shape index (κ2) is 4.91. The molecule has 0 bridgehead atoms. The number of carbonyl (C=O) groups is 1. The van der Waals surface area contributed by atoms with E-state index >= 15 is 0 Å². The summed E-state index contributed by atoms with van der Waals surface area (Å²) in [5.74, 6) is 0.268. The Labute approximate surface area is 110 Å². The highest BCUT2D eigenvalue weighted by molar-refractivity contribution is 8.00. The van der Waals surface area contributed by atoms with Crippen LogP contribution in [-0.2, 0) is 17.9 Å². The Balaban J connectivity index is 1.79. The van der Waals surface area contributed by atoms with E-state index < -0.39 is 12.0 Å². The average Bonchev–Trinajstić information content (AvgIpc) is 2.97. The van der Waals surface area contributed by atoms with Crippen LogP contribution in [0.4, 0.5) is 0 Å². The Morgan fingerprint density at radius 2 is 2.06 bits per heavy atom. The first-order valence-corrected chi connectivity index (χ1v) is 7.19. The molecule has 2 aliphatic heterocycles. The molecule has 0 aliphatic carbocycles. The maximum absolute atomic E-state index is 11.5. The summed E-state index contributed by atoms with van der Waals surface area (Å²) in [7, 11) is 0. The van der Waals surface area contributed by atoms with Crippen molar-refractivity contribution >= 4 is 17.7 Å². The van der Waals surface area contributed by atoms with Gasteiger partial charge in [0.25, 0.3) is 0 Å². The Hall–Kier alpha value is -1.04. The average molecular weight is 264 g/mol. The fourth-order valence-electron chi connectivity index (χ4n) is 2.68. The third-order valence-corrected chi connectivity index (χ3v) is 4.77. The second-order valence-corrected chi connectivity index (χ2v) is 5.95. The van der Waals surface area contributed by atoms with Gasteiger partial charge in [-0.15, -0.1) is 11.8 Å². The molecule has 3 rings (SSSR count). The highest BCUT2D eigenvalue weighted by Crippen LogP contribution is 2.29. The van der Waals surface area contributed by atoms with Gasteiger partial charge < -0.3 is 10.4 Å². The number of carboxylic acid groups (broad SMARTS) is 1. The number of nitrogens with one attached hydrogen (secondary N) is 1. The van der Waals surface area contributed by atoms with Crippen LogP contribution in [0.5, 0.6) is 0 Å². The van der Waals surface area contributed by atoms with Gasteiger partial charge in [0.1, 0.15) is 6.04 Å². The molecule has 2 heterocycles. The standard InChI is InChI=1S/C13H16N2O2S/c16-13(17)11(12-14-5-6-18-12)15-7-9-3-1-2-4-10(9)8-15/h1-4,11-12,14H,5-8H2,(H,16,17)/t11-,12?/m0/s1. The largest absolute Gasteiger partial charge is 0.480 e. The molecule has 0 saturated carbocycles. The molecule has 1 unspecified atom stereocenters. The third-order valence-electron chi connectivity index (χ3n) is 3.54. The molecular formula is C13H16N2O2S. The first-order chi connectivity index (χ1) is 8.75. The third kappa shape index (κ3) is 2.13. The van der Waals surface area contributed by atoms with Crippen molar-refractivity contribution in [1.29, 1.82) is 0 Å². The van der Waals surface area contributed by atoms with Gasteiger partial charge in [-0.1, -0.05) is 24.3 Å². The molecule has 18 heavy (non-hydrogen) atoms. The molecule has 0 radical (unpaired) electrons. The van der Waals surface area contributed by atoms with Crippen LogP contribution in [0.2, 0.25) is 0 Å². The zero-order valence-electron chi connectivity index (χ0n) is 10.0. The van der Waals surface area contributed by atoms with Crippen LogP contribution < -0.4 is 5.32 Å². The van der Waals surface area contributed by atoms with E-state index in [0.29, 0.717) is 0 Å². The highest BCUT2D eigenvalue weighted by atomic mass is 32.2. The summed E-state index contributed by atoms with van der Waals surface area (Å²) in [6.07, 6.45) is 0. The van der Waals surface area contributed by atoms with Crippen molar-refractivity contribution in [3.8, 4) is 0 Å². The number of hydrogen-bond acceptors (Lipinski definition) is 4. The number of hydrogen-bond donors (Lipinski definition) is 2. The van der Waals surface area contributed by atoms with E-state index in [-0.39, 0.29) is 5.37 Å². The predicted octanol–water partition coefficient (Wildman–Crippen LogP) is 1.12. The summed E-state index contributed by atoms with van der Waals surface area (Å²) in [6.45, 7) is 2.39. The van der Waals surface area contributed by atoms with E-state index in [2.05, 4.69) is 22.3 Å². The molecule has 4 nitrogen and oxygen atoms in total. The van der Waals surface area contributed by atoms with Crippen LogP contribution in [0.15, 0.2) is 24.3 Å². The highest BCUT2D eigenvalue weighted by Gasteiger charge is 2.38. The van der Waals surface area contributed by atoms with E-state index in [4.69, 9.17) is 0 Å². The van der Waals surface area contributed by atoms with Crippen molar-refractivity contribution in [2.24, 2.45) is 0 Å². The van der Waals surface area contributed by atoms with Gasteiger partial charge in [0.05, 0.1) is 5.37 Å². The van der Waals surface area contributed by atoms with Gasteiger partial charge in [-0.25, -0.2) is 0 Å². The van der Waals surface area contributed by atoms with Gasteiger partial charge in [0.2, 0.25) is 0 Å². The molecular weight excluding hydrogens is 248 g/mol. The molecule has 2 atom stereocenters. The van der Waals surface area contributed by atoms with Crippen LogP contribution in [0.3, 0.4) is 0 Å². The number of aliphatic carboxylic acids is 1. The predicted molar refractivity (Wildman–Crippen MR) is 71.4 cm³/mol. The number of carboxylic acids is 1. The maximum atomic E-state index is 11.5. The van der Waals surface area contributed by atoms with Gasteiger partial charge in [0, 0.05) is 25.4 Å². The van der Waals surface area contributed by atoms with Gasteiger partial charge in [-0.3, -0.25) is 9.69 Å². The first kappa shape index (κ1) is 12.0. The van der Waals surface area contributed by atoms with E-state index in [0.717, 1.165) is 25.4 Å². The summed E-state index contributed by atoms with van der Waals surface area (Å²) in [4.78, 5) is 13.6. The monoisotopic (exact) mass is 264 g/mol. The van der Waals surface area contributed by atoms with Crippen LogP contribution in [-0.4, -0.2) is 39.7 Å². The lowest BCUT2D eigenvalue weighted by atomic mass is 10.1. The van der Waals surface area contributed by atoms with Gasteiger partial charge >= 0.3 is 5.97 Å².